The summed E-state index contributed by atoms with van der Waals surface area (Å²) in [4.78, 5) is 0. The molecule has 0 aliphatic rings. The van der Waals surface area contributed by atoms with Gasteiger partial charge < -0.3 is 0 Å². The van der Waals surface area contributed by atoms with Crippen molar-refractivity contribution >= 4 is 18.7 Å². The van der Waals surface area contributed by atoms with Crippen LogP contribution in [-0.2, 0) is 14.3 Å². The van der Waals surface area contributed by atoms with E-state index in [9.17, 15) is 21.6 Å². The van der Waals surface area contributed by atoms with Crippen LogP contribution in [0.15, 0.2) is 0 Å². The van der Waals surface area contributed by atoms with Crippen molar-refractivity contribution in [2.75, 3.05) is 6.61 Å². The summed E-state index contributed by atoms with van der Waals surface area (Å²) in [5, 5.41) is 0. The summed E-state index contributed by atoms with van der Waals surface area (Å²) < 4.78 is 59.6. The highest BCUT2D eigenvalue weighted by Crippen LogP contribution is 2.24. The molecule has 0 saturated carbocycles. The smallest absolute Gasteiger partial charge is 0.263 e. The van der Waals surface area contributed by atoms with Crippen molar-refractivity contribution in [3.63, 3.8) is 0 Å². The van der Waals surface area contributed by atoms with Crippen LogP contribution in [0.25, 0.3) is 0 Å². The van der Waals surface area contributed by atoms with Crippen molar-refractivity contribution in [3.8, 4) is 0 Å². The van der Waals surface area contributed by atoms with Crippen LogP contribution < -0.4 is 0 Å². The Labute approximate surface area is 128 Å². The minimum absolute atomic E-state index is 0.323. The molecular weight excluding hydrogens is 324 g/mol. The second kappa shape index (κ2) is 11.7. The van der Waals surface area contributed by atoms with Gasteiger partial charge in [0.2, 0.25) is 0 Å². The number of alkyl halides is 3. The van der Waals surface area contributed by atoms with Gasteiger partial charge in [0.1, 0.15) is 0 Å². The van der Waals surface area contributed by atoms with Crippen LogP contribution in [0.4, 0.5) is 13.2 Å². The normalized spacial score (nSPS) is 12.5. The molecule has 0 aliphatic carbocycles. The van der Waals surface area contributed by atoms with E-state index in [1.165, 1.54) is 0 Å². The molecule has 130 valence electrons. The molecule has 0 N–H and O–H groups in total. The predicted molar refractivity (Wildman–Crippen MR) is 83.7 cm³/mol. The molecule has 0 aliphatic heterocycles. The maximum atomic E-state index is 11.7. The molecular formula is C13H28F3O3PS. The molecule has 0 aromatic rings. The molecule has 0 rings (SSSR count). The highest BCUT2D eigenvalue weighted by atomic mass is 32.2. The first kappa shape index (κ1) is 23.4. The van der Waals surface area contributed by atoms with Gasteiger partial charge in [0.05, 0.1) is 6.61 Å². The summed E-state index contributed by atoms with van der Waals surface area (Å²) in [5.74, 6) is 0. The van der Waals surface area contributed by atoms with Gasteiger partial charge in [-0.15, -0.1) is 8.58 Å². The summed E-state index contributed by atoms with van der Waals surface area (Å²) >= 11 is 0. The molecule has 8 heteroatoms. The maximum absolute atomic E-state index is 11.7. The summed E-state index contributed by atoms with van der Waals surface area (Å²) in [5.41, 5.74) is -3.50. The van der Waals surface area contributed by atoms with Crippen molar-refractivity contribution in [1.82, 2.24) is 0 Å². The van der Waals surface area contributed by atoms with Gasteiger partial charge in [0.25, 0.3) is 0 Å². The van der Waals surface area contributed by atoms with E-state index >= 15 is 0 Å². The monoisotopic (exact) mass is 352 g/mol. The first-order valence-corrected chi connectivity index (χ1v) is 9.72. The van der Waals surface area contributed by atoms with Crippen molar-refractivity contribution in [2.45, 2.75) is 77.1 Å². The SMILES string of the molecule is CC(C)PC(C)C.CCCCCCOS(=O)(=O)C(F)(F)F. The zero-order valence-electron chi connectivity index (χ0n) is 13.5. The predicted octanol–water partition coefficient (Wildman–Crippen LogP) is 4.91. The summed E-state index contributed by atoms with van der Waals surface area (Å²) in [6.45, 7) is 10.6. The van der Waals surface area contributed by atoms with E-state index in [1.807, 2.05) is 6.92 Å². The zero-order chi connectivity index (χ0) is 17.1. The molecule has 0 spiro atoms. The first-order valence-electron chi connectivity index (χ1n) is 7.15. The number of hydrogen-bond acceptors (Lipinski definition) is 3. The Morgan fingerprint density at radius 1 is 1.00 bits per heavy atom. The minimum Gasteiger partial charge on any atom is -0.263 e. The molecule has 0 unspecified atom stereocenters. The standard InChI is InChI=1S/C7H13F3O3S.C6H15P/c1-2-3-4-5-6-13-14(11,12)7(8,9)10;1-5(2)7-6(3)4/h2-6H2,1H3;5-7H,1-4H3. The first-order chi connectivity index (χ1) is 9.44. The second-order valence-electron chi connectivity index (χ2n) is 5.26. The number of hydrogen-bond donors (Lipinski definition) is 0. The van der Waals surface area contributed by atoms with E-state index in [-0.39, 0.29) is 0 Å². The summed E-state index contributed by atoms with van der Waals surface area (Å²) in [6.07, 6.45) is 2.77. The number of unbranched alkanes of at least 4 members (excludes halogenated alkanes) is 3. The van der Waals surface area contributed by atoms with Gasteiger partial charge in [-0.25, -0.2) is 0 Å². The largest absolute Gasteiger partial charge is 0.523 e. The zero-order valence-corrected chi connectivity index (χ0v) is 15.3. The Bertz CT molecular complexity index is 335. The van der Waals surface area contributed by atoms with Gasteiger partial charge in [-0.2, -0.15) is 21.6 Å². The molecule has 0 aromatic heterocycles. The van der Waals surface area contributed by atoms with Crippen molar-refractivity contribution in [3.05, 3.63) is 0 Å². The Hall–Kier alpha value is 0.130. The van der Waals surface area contributed by atoms with Crippen molar-refractivity contribution < 1.29 is 25.8 Å². The van der Waals surface area contributed by atoms with Gasteiger partial charge in [0.15, 0.2) is 0 Å². The van der Waals surface area contributed by atoms with Crippen molar-refractivity contribution in [2.24, 2.45) is 0 Å². The summed E-state index contributed by atoms with van der Waals surface area (Å²) in [7, 11) is -4.24. The molecule has 0 radical (unpaired) electrons. The third-order valence-electron chi connectivity index (χ3n) is 2.19. The fraction of sp³-hybridized carbons (Fsp3) is 1.00. The Morgan fingerprint density at radius 2 is 1.48 bits per heavy atom. The lowest BCUT2D eigenvalue weighted by Gasteiger charge is -2.07. The van der Waals surface area contributed by atoms with Crippen molar-refractivity contribution in [1.29, 1.82) is 0 Å². The summed E-state index contributed by atoms with van der Waals surface area (Å²) in [6, 6.07) is 0. The van der Waals surface area contributed by atoms with Crippen LogP contribution in [-0.4, -0.2) is 31.9 Å². The third kappa shape index (κ3) is 14.8. The van der Waals surface area contributed by atoms with E-state index in [0.717, 1.165) is 32.7 Å². The molecule has 0 aromatic carbocycles. The van der Waals surface area contributed by atoms with Gasteiger partial charge in [0, 0.05) is 0 Å². The highest BCUT2D eigenvalue weighted by molar-refractivity contribution is 7.87. The molecule has 0 atom stereocenters. The van der Waals surface area contributed by atoms with Crippen LogP contribution in [0.1, 0.15) is 60.3 Å². The highest BCUT2D eigenvalue weighted by Gasteiger charge is 2.47. The molecule has 0 fully saturated rings. The minimum atomic E-state index is -5.38. The van der Waals surface area contributed by atoms with Crippen LogP contribution >= 0.6 is 8.58 Å². The van der Waals surface area contributed by atoms with E-state index in [1.54, 1.807) is 0 Å². The van der Waals surface area contributed by atoms with E-state index in [4.69, 9.17) is 0 Å². The van der Waals surface area contributed by atoms with Crippen LogP contribution in [0.5, 0.6) is 0 Å². The van der Waals surface area contributed by atoms with Gasteiger partial charge >= 0.3 is 15.6 Å². The van der Waals surface area contributed by atoms with Crippen LogP contribution in [0.3, 0.4) is 0 Å². The molecule has 0 heterocycles. The van der Waals surface area contributed by atoms with Gasteiger partial charge in [-0.1, -0.05) is 53.9 Å². The topological polar surface area (TPSA) is 43.4 Å². The fourth-order valence-electron chi connectivity index (χ4n) is 1.43. The molecule has 3 nitrogen and oxygen atoms in total. The molecule has 0 amide bonds. The van der Waals surface area contributed by atoms with Gasteiger partial charge in [-0.3, -0.25) is 4.18 Å². The third-order valence-corrected chi connectivity index (χ3v) is 4.56. The Balaban J connectivity index is 0. The maximum Gasteiger partial charge on any atom is 0.523 e. The second-order valence-corrected chi connectivity index (χ2v) is 9.51. The molecule has 0 saturated heterocycles. The fourth-order valence-corrected chi connectivity index (χ4v) is 3.24. The molecule has 0 bridgehead atoms. The van der Waals surface area contributed by atoms with Crippen LogP contribution in [0.2, 0.25) is 0 Å². The van der Waals surface area contributed by atoms with E-state index in [0.29, 0.717) is 12.8 Å². The molecule has 21 heavy (non-hydrogen) atoms. The van der Waals surface area contributed by atoms with Crippen LogP contribution in [0, 0.1) is 0 Å². The van der Waals surface area contributed by atoms with E-state index < -0.39 is 22.2 Å². The lowest BCUT2D eigenvalue weighted by atomic mass is 10.2. The van der Waals surface area contributed by atoms with Gasteiger partial charge in [-0.05, 0) is 17.7 Å². The van der Waals surface area contributed by atoms with E-state index in [2.05, 4.69) is 31.9 Å². The number of halogens is 3. The lowest BCUT2D eigenvalue weighted by molar-refractivity contribution is -0.0542. The number of rotatable bonds is 8. The average Bonchev–Trinajstić information content (AvgIpc) is 2.26. The lowest BCUT2D eigenvalue weighted by Crippen LogP contribution is -2.25. The average molecular weight is 352 g/mol. The quantitative estimate of drug-likeness (QED) is 0.270. The Kier molecular flexibility index (Phi) is 13.0. The Morgan fingerprint density at radius 3 is 1.76 bits per heavy atom.